The first kappa shape index (κ1) is 24.5. The maximum absolute atomic E-state index is 14.8. The lowest BCUT2D eigenvalue weighted by molar-refractivity contribution is -0.124. The topological polar surface area (TPSA) is 97.3 Å². The molecule has 1 aliphatic rings. The number of nitrogens with one attached hydrogen (secondary N) is 1. The van der Waals surface area contributed by atoms with E-state index in [1.54, 1.807) is 31.7 Å². The van der Waals surface area contributed by atoms with Crippen molar-refractivity contribution in [3.63, 3.8) is 0 Å². The lowest BCUT2D eigenvalue weighted by Crippen LogP contribution is -2.38. The van der Waals surface area contributed by atoms with E-state index in [0.717, 1.165) is 11.1 Å². The Bertz CT molecular complexity index is 1500. The molecule has 8 nitrogen and oxygen atoms in total. The average Bonchev–Trinajstić information content (AvgIpc) is 3.39. The van der Waals surface area contributed by atoms with Crippen LogP contribution in [0.2, 0.25) is 0 Å². The van der Waals surface area contributed by atoms with Crippen LogP contribution in [-0.2, 0) is 4.79 Å². The summed E-state index contributed by atoms with van der Waals surface area (Å²) < 4.78 is 20.9. The summed E-state index contributed by atoms with van der Waals surface area (Å²) in [6, 6.07) is 15.6. The summed E-state index contributed by atoms with van der Waals surface area (Å²) >= 11 is 1.24. The summed E-state index contributed by atoms with van der Waals surface area (Å²) in [7, 11) is 3.14. The Morgan fingerprint density at radius 1 is 1.08 bits per heavy atom. The monoisotopic (exact) mass is 517 g/mol. The average molecular weight is 518 g/mol. The molecule has 0 spiro atoms. The van der Waals surface area contributed by atoms with Gasteiger partial charge in [0.1, 0.15) is 17.1 Å². The van der Waals surface area contributed by atoms with Crippen molar-refractivity contribution in [1.82, 2.24) is 20.1 Å². The molecule has 2 aromatic heterocycles. The number of hydrogen-bond acceptors (Lipinski definition) is 7. The first-order valence-electron chi connectivity index (χ1n) is 11.5. The minimum atomic E-state index is -0.913. The Morgan fingerprint density at radius 3 is 2.57 bits per heavy atom. The van der Waals surface area contributed by atoms with Crippen LogP contribution in [0.3, 0.4) is 0 Å². The quantitative estimate of drug-likeness (QED) is 0.384. The number of nitrogens with zero attached hydrogens (tertiary/aromatic N) is 4. The second-order valence-electron chi connectivity index (χ2n) is 9.48. The van der Waals surface area contributed by atoms with Crippen LogP contribution < -0.4 is 10.1 Å². The summed E-state index contributed by atoms with van der Waals surface area (Å²) in [5, 5.41) is 11.0. The molecule has 0 radical (unpaired) electrons. The highest BCUT2D eigenvalue weighted by atomic mass is 32.1. The lowest BCUT2D eigenvalue weighted by Gasteiger charge is -2.37. The van der Waals surface area contributed by atoms with E-state index >= 15 is 0 Å². The van der Waals surface area contributed by atoms with Crippen LogP contribution in [0.1, 0.15) is 41.3 Å². The van der Waals surface area contributed by atoms with E-state index in [1.807, 2.05) is 44.2 Å². The minimum Gasteiger partial charge on any atom is -0.438 e. The zero-order valence-corrected chi connectivity index (χ0v) is 21.5. The summed E-state index contributed by atoms with van der Waals surface area (Å²) in [4.78, 5) is 31.6. The molecule has 1 N–H and O–H groups in total. The maximum atomic E-state index is 14.8. The summed E-state index contributed by atoms with van der Waals surface area (Å²) in [6.07, 6.45) is 0. The number of amides is 2. The molecular weight excluding hydrogens is 493 g/mol. The highest BCUT2D eigenvalue weighted by Gasteiger charge is 2.44. The van der Waals surface area contributed by atoms with Gasteiger partial charge in [-0.05, 0) is 24.3 Å². The van der Waals surface area contributed by atoms with Gasteiger partial charge < -0.3 is 15.0 Å². The van der Waals surface area contributed by atoms with Crippen LogP contribution >= 0.6 is 11.3 Å². The fourth-order valence-electron chi connectivity index (χ4n) is 4.48. The number of carbonyl (C=O) groups excluding carboxylic acids is 2. The fourth-order valence-corrected chi connectivity index (χ4v) is 4.92. The van der Waals surface area contributed by atoms with Crippen molar-refractivity contribution in [2.24, 2.45) is 5.41 Å². The molecule has 1 aliphatic heterocycles. The number of halogens is 1. The van der Waals surface area contributed by atoms with Crippen LogP contribution in [0, 0.1) is 11.2 Å². The third-order valence-electron chi connectivity index (χ3n) is 6.43. The zero-order chi connectivity index (χ0) is 26.3. The molecule has 5 rings (SSSR count). The number of rotatable bonds is 5. The predicted molar refractivity (Wildman–Crippen MR) is 138 cm³/mol. The van der Waals surface area contributed by atoms with E-state index in [1.165, 1.54) is 28.4 Å². The Balaban J connectivity index is 1.55. The zero-order valence-electron chi connectivity index (χ0n) is 20.7. The number of pyridine rings is 1. The number of para-hydroxylation sites is 1. The van der Waals surface area contributed by atoms with Gasteiger partial charge in [-0.2, -0.15) is 0 Å². The highest BCUT2D eigenvalue weighted by Crippen LogP contribution is 2.52. The smallest absolute Gasteiger partial charge is 0.256 e. The third kappa shape index (κ3) is 4.44. The summed E-state index contributed by atoms with van der Waals surface area (Å²) in [5.41, 5.74) is 3.21. The van der Waals surface area contributed by atoms with E-state index < -0.39 is 17.1 Å². The Labute approximate surface area is 217 Å². The number of benzene rings is 2. The Morgan fingerprint density at radius 2 is 1.86 bits per heavy atom. The number of carbonyl (C=O) groups is 2. The molecule has 0 saturated carbocycles. The van der Waals surface area contributed by atoms with Gasteiger partial charge in [0.2, 0.25) is 16.9 Å². The van der Waals surface area contributed by atoms with Gasteiger partial charge in [0, 0.05) is 36.7 Å². The molecule has 0 aliphatic carbocycles. The number of aromatic nitrogens is 3. The third-order valence-corrected chi connectivity index (χ3v) is 7.03. The fraction of sp³-hybridized carbons (Fsp3) is 0.222. The van der Waals surface area contributed by atoms with Crippen molar-refractivity contribution in [3.05, 3.63) is 82.6 Å². The maximum Gasteiger partial charge on any atom is 0.256 e. The van der Waals surface area contributed by atoms with Gasteiger partial charge in [0.15, 0.2) is 0 Å². The molecule has 2 aromatic carbocycles. The number of hydrogen-bond donors (Lipinski definition) is 1. The number of fused-ring (bicyclic) bond motifs is 2. The van der Waals surface area contributed by atoms with Crippen molar-refractivity contribution in [2.45, 2.75) is 19.8 Å². The van der Waals surface area contributed by atoms with Crippen molar-refractivity contribution in [2.75, 3.05) is 19.4 Å². The molecular formula is C27H24FN5O3S. The van der Waals surface area contributed by atoms with E-state index in [9.17, 15) is 14.0 Å². The van der Waals surface area contributed by atoms with Crippen molar-refractivity contribution >= 4 is 28.3 Å². The minimum absolute atomic E-state index is 0.0138. The second-order valence-corrected chi connectivity index (χ2v) is 10.3. The van der Waals surface area contributed by atoms with Crippen molar-refractivity contribution in [3.8, 4) is 22.9 Å². The molecule has 188 valence electrons. The van der Waals surface area contributed by atoms with E-state index in [-0.39, 0.29) is 17.4 Å². The van der Waals surface area contributed by atoms with Crippen LogP contribution in [0.5, 0.6) is 11.6 Å². The first-order valence-corrected chi connectivity index (χ1v) is 12.4. The molecule has 37 heavy (non-hydrogen) atoms. The molecule has 0 unspecified atom stereocenters. The van der Waals surface area contributed by atoms with Crippen molar-refractivity contribution < 1.29 is 18.7 Å². The predicted octanol–water partition coefficient (Wildman–Crippen LogP) is 5.34. The summed E-state index contributed by atoms with van der Waals surface area (Å²) in [6.45, 7) is 3.73. The molecule has 2 amide bonds. The number of anilines is 1. The standard InChI is InChI=1S/C27H24FN5O3S/c1-27(2,25(35)31-26-32-29-14-37-26)22-17-7-5-6-8-21(17)36-23-18(22)11-12-20(30-23)15-9-10-16(19(28)13-15)24(34)33(3)4/h5-14,22H,1-4H3,(H,31,32,35)/t22-/m0/s1. The van der Waals surface area contributed by atoms with Crippen molar-refractivity contribution in [1.29, 1.82) is 0 Å². The van der Waals surface area contributed by atoms with Crippen LogP contribution in [0.15, 0.2) is 60.1 Å². The molecule has 0 saturated heterocycles. The van der Waals surface area contributed by atoms with E-state index in [4.69, 9.17) is 9.72 Å². The first-order chi connectivity index (χ1) is 17.7. The molecule has 1 atom stereocenters. The Hall–Kier alpha value is -4.18. The van der Waals surface area contributed by atoms with Crippen LogP contribution in [0.4, 0.5) is 9.52 Å². The van der Waals surface area contributed by atoms with Gasteiger partial charge in [0.05, 0.1) is 16.7 Å². The van der Waals surface area contributed by atoms with Gasteiger partial charge in [-0.15, -0.1) is 10.2 Å². The van der Waals surface area contributed by atoms with Crippen LogP contribution in [0.25, 0.3) is 11.3 Å². The normalized spacial score (nSPS) is 14.2. The molecule has 4 aromatic rings. The van der Waals surface area contributed by atoms with Gasteiger partial charge in [-0.3, -0.25) is 9.59 Å². The molecule has 0 fully saturated rings. The van der Waals surface area contributed by atoms with Crippen LogP contribution in [-0.4, -0.2) is 46.0 Å². The molecule has 10 heteroatoms. The summed E-state index contributed by atoms with van der Waals surface area (Å²) in [5.74, 6) is -0.706. The SMILES string of the molecule is CN(C)C(=O)c1ccc(-c2ccc3c(n2)Oc2ccccc2[C@@H]3C(C)(C)C(=O)Nc2nncs2)cc1F. The molecule has 0 bridgehead atoms. The van der Waals surface area contributed by atoms with Gasteiger partial charge in [0.25, 0.3) is 5.91 Å². The largest absolute Gasteiger partial charge is 0.438 e. The lowest BCUT2D eigenvalue weighted by atomic mass is 9.69. The number of ether oxygens (including phenoxy) is 1. The second kappa shape index (κ2) is 9.36. The van der Waals surface area contributed by atoms with Gasteiger partial charge >= 0.3 is 0 Å². The van der Waals surface area contributed by atoms with Gasteiger partial charge in [-0.1, -0.05) is 55.5 Å². The Kier molecular flexibility index (Phi) is 6.20. The van der Waals surface area contributed by atoms with E-state index in [0.29, 0.717) is 28.0 Å². The molecule has 3 heterocycles. The highest BCUT2D eigenvalue weighted by molar-refractivity contribution is 7.13. The van der Waals surface area contributed by atoms with E-state index in [2.05, 4.69) is 15.5 Å². The van der Waals surface area contributed by atoms with Gasteiger partial charge in [-0.25, -0.2) is 9.37 Å².